The van der Waals surface area contributed by atoms with E-state index in [2.05, 4.69) is 4.99 Å². The van der Waals surface area contributed by atoms with E-state index in [1.54, 1.807) is 6.92 Å². The zero-order valence-corrected chi connectivity index (χ0v) is 5.56. The summed E-state index contributed by atoms with van der Waals surface area (Å²) < 4.78 is 0. The summed E-state index contributed by atoms with van der Waals surface area (Å²) in [5.41, 5.74) is 0. The van der Waals surface area contributed by atoms with Gasteiger partial charge in [-0.1, -0.05) is 6.92 Å². The van der Waals surface area contributed by atoms with E-state index in [1.807, 2.05) is 0 Å². The molecule has 56 valence electrons. The first-order valence-electron chi connectivity index (χ1n) is 3.07. The van der Waals surface area contributed by atoms with Gasteiger partial charge in [0.15, 0.2) is 6.04 Å². The Balaban J connectivity index is 2.66. The number of aliphatic hydroxyl groups is 1. The minimum absolute atomic E-state index is 0.138. The maximum Gasteiger partial charge on any atom is 0.331 e. The lowest BCUT2D eigenvalue weighted by atomic mass is 10.0. The highest BCUT2D eigenvalue weighted by Gasteiger charge is 2.33. The summed E-state index contributed by atoms with van der Waals surface area (Å²) in [5, 5.41) is 17.5. The molecule has 0 spiro atoms. The predicted octanol–water partition coefficient (Wildman–Crippen LogP) is -0.479. The van der Waals surface area contributed by atoms with Crippen molar-refractivity contribution in [3.05, 3.63) is 0 Å². The Bertz CT molecular complexity index is 178. The quantitative estimate of drug-likeness (QED) is 0.521. The Kier molecular flexibility index (Phi) is 1.72. The van der Waals surface area contributed by atoms with E-state index in [4.69, 9.17) is 10.2 Å². The molecule has 0 aromatic heterocycles. The van der Waals surface area contributed by atoms with E-state index >= 15 is 0 Å². The number of carboxylic acid groups (broad SMARTS) is 1. The second-order valence-electron chi connectivity index (χ2n) is 2.43. The maximum atomic E-state index is 10.3. The number of aliphatic hydroxyl groups excluding tert-OH is 1. The van der Waals surface area contributed by atoms with Crippen LogP contribution in [-0.2, 0) is 4.79 Å². The summed E-state index contributed by atoms with van der Waals surface area (Å²) in [4.78, 5) is 13.9. The van der Waals surface area contributed by atoms with Crippen molar-refractivity contribution in [2.75, 3.05) is 0 Å². The van der Waals surface area contributed by atoms with Crippen LogP contribution in [0.3, 0.4) is 0 Å². The molecule has 3 unspecified atom stereocenters. The average molecular weight is 143 g/mol. The molecular weight excluding hydrogens is 134 g/mol. The molecule has 0 bridgehead atoms. The fourth-order valence-corrected chi connectivity index (χ4v) is 0.902. The summed E-state index contributed by atoms with van der Waals surface area (Å²) in [6, 6.07) is -0.949. The van der Waals surface area contributed by atoms with Crippen molar-refractivity contribution in [1.29, 1.82) is 0 Å². The van der Waals surface area contributed by atoms with Crippen molar-refractivity contribution < 1.29 is 15.0 Å². The third kappa shape index (κ3) is 1.02. The van der Waals surface area contributed by atoms with E-state index in [-0.39, 0.29) is 5.92 Å². The molecule has 0 saturated heterocycles. The van der Waals surface area contributed by atoms with E-state index in [0.29, 0.717) is 0 Å². The SMILES string of the molecule is CC1C=NC(C(=O)O)C1O. The molecule has 0 fully saturated rings. The number of aliphatic imine (C=N–C) groups is 1. The van der Waals surface area contributed by atoms with Gasteiger partial charge >= 0.3 is 5.97 Å². The van der Waals surface area contributed by atoms with Crippen LogP contribution in [0.5, 0.6) is 0 Å². The molecule has 4 heteroatoms. The van der Waals surface area contributed by atoms with Crippen molar-refractivity contribution in [1.82, 2.24) is 0 Å². The van der Waals surface area contributed by atoms with Gasteiger partial charge in [0.1, 0.15) is 0 Å². The summed E-state index contributed by atoms with van der Waals surface area (Å²) >= 11 is 0. The van der Waals surface area contributed by atoms with Gasteiger partial charge in [0.05, 0.1) is 6.10 Å². The molecule has 0 aliphatic carbocycles. The van der Waals surface area contributed by atoms with Gasteiger partial charge < -0.3 is 10.2 Å². The van der Waals surface area contributed by atoms with Gasteiger partial charge in [-0.05, 0) is 0 Å². The van der Waals surface area contributed by atoms with Crippen LogP contribution in [0.1, 0.15) is 6.92 Å². The highest BCUT2D eigenvalue weighted by atomic mass is 16.4. The number of carboxylic acids is 1. The second-order valence-corrected chi connectivity index (χ2v) is 2.43. The number of aliphatic carboxylic acids is 1. The van der Waals surface area contributed by atoms with Crippen LogP contribution in [0.2, 0.25) is 0 Å². The number of hydrogen-bond donors (Lipinski definition) is 2. The van der Waals surface area contributed by atoms with Crippen LogP contribution in [-0.4, -0.2) is 34.5 Å². The van der Waals surface area contributed by atoms with Crippen LogP contribution >= 0.6 is 0 Å². The monoisotopic (exact) mass is 143 g/mol. The van der Waals surface area contributed by atoms with Crippen LogP contribution < -0.4 is 0 Å². The van der Waals surface area contributed by atoms with Gasteiger partial charge in [0.2, 0.25) is 0 Å². The zero-order chi connectivity index (χ0) is 7.72. The fourth-order valence-electron chi connectivity index (χ4n) is 0.902. The minimum atomic E-state index is -1.06. The lowest BCUT2D eigenvalue weighted by Crippen LogP contribution is -2.32. The molecule has 3 atom stereocenters. The summed E-state index contributed by atoms with van der Waals surface area (Å²) in [5.74, 6) is -1.20. The van der Waals surface area contributed by atoms with Crippen molar-refractivity contribution >= 4 is 12.2 Å². The summed E-state index contributed by atoms with van der Waals surface area (Å²) in [6.07, 6.45) is 0.626. The first-order chi connectivity index (χ1) is 4.63. The number of hydrogen-bond acceptors (Lipinski definition) is 3. The molecule has 10 heavy (non-hydrogen) atoms. The number of nitrogens with zero attached hydrogens (tertiary/aromatic N) is 1. The molecule has 1 rings (SSSR count). The highest BCUT2D eigenvalue weighted by molar-refractivity contribution is 5.80. The van der Waals surface area contributed by atoms with Gasteiger partial charge in [0.25, 0.3) is 0 Å². The normalized spacial score (nSPS) is 38.4. The second kappa shape index (κ2) is 2.38. The summed E-state index contributed by atoms with van der Waals surface area (Å²) in [7, 11) is 0. The smallest absolute Gasteiger partial charge is 0.331 e. The van der Waals surface area contributed by atoms with Crippen LogP contribution in [0.25, 0.3) is 0 Å². The Hall–Kier alpha value is -0.900. The first kappa shape index (κ1) is 7.21. The molecule has 0 amide bonds. The highest BCUT2D eigenvalue weighted by Crippen LogP contribution is 2.15. The molecule has 2 N–H and O–H groups in total. The zero-order valence-electron chi connectivity index (χ0n) is 5.56. The Morgan fingerprint density at radius 2 is 2.30 bits per heavy atom. The van der Waals surface area contributed by atoms with E-state index in [9.17, 15) is 4.79 Å². The Morgan fingerprint density at radius 1 is 1.70 bits per heavy atom. The molecule has 1 aliphatic rings. The predicted molar refractivity (Wildman–Crippen MR) is 35.1 cm³/mol. The van der Waals surface area contributed by atoms with Crippen molar-refractivity contribution in [3.8, 4) is 0 Å². The molecule has 0 aromatic carbocycles. The fraction of sp³-hybridized carbons (Fsp3) is 0.667. The van der Waals surface area contributed by atoms with Crippen LogP contribution in [0, 0.1) is 5.92 Å². The molecule has 1 heterocycles. The van der Waals surface area contributed by atoms with Crippen molar-refractivity contribution in [2.45, 2.75) is 19.1 Å². The molecule has 0 radical (unpaired) electrons. The Labute approximate surface area is 58.2 Å². The third-order valence-electron chi connectivity index (χ3n) is 1.60. The van der Waals surface area contributed by atoms with Crippen molar-refractivity contribution in [3.63, 3.8) is 0 Å². The van der Waals surface area contributed by atoms with E-state index < -0.39 is 18.1 Å². The molecular formula is C6H9NO3. The molecule has 4 nitrogen and oxygen atoms in total. The molecule has 0 aromatic rings. The topological polar surface area (TPSA) is 69.9 Å². The van der Waals surface area contributed by atoms with Gasteiger partial charge in [-0.2, -0.15) is 0 Å². The Morgan fingerprint density at radius 3 is 2.50 bits per heavy atom. The standard InChI is InChI=1S/C6H9NO3/c1-3-2-7-4(5(3)8)6(9)10/h2-5,8H,1H3,(H,9,10). The van der Waals surface area contributed by atoms with Crippen LogP contribution in [0.4, 0.5) is 0 Å². The third-order valence-corrected chi connectivity index (χ3v) is 1.60. The van der Waals surface area contributed by atoms with Gasteiger partial charge in [-0.25, -0.2) is 4.79 Å². The van der Waals surface area contributed by atoms with Crippen molar-refractivity contribution in [2.24, 2.45) is 10.9 Å². The molecule has 1 aliphatic heterocycles. The average Bonchev–Trinajstić information content (AvgIpc) is 2.14. The van der Waals surface area contributed by atoms with Gasteiger partial charge in [-0.3, -0.25) is 4.99 Å². The first-order valence-corrected chi connectivity index (χ1v) is 3.07. The maximum absolute atomic E-state index is 10.3. The minimum Gasteiger partial charge on any atom is -0.480 e. The lowest BCUT2D eigenvalue weighted by Gasteiger charge is -2.10. The van der Waals surface area contributed by atoms with Gasteiger partial charge in [-0.15, -0.1) is 0 Å². The number of rotatable bonds is 1. The van der Waals surface area contributed by atoms with Gasteiger partial charge in [0, 0.05) is 12.1 Å². The largest absolute Gasteiger partial charge is 0.480 e. The van der Waals surface area contributed by atoms with Crippen LogP contribution in [0.15, 0.2) is 4.99 Å². The van der Waals surface area contributed by atoms with E-state index in [0.717, 1.165) is 0 Å². The lowest BCUT2D eigenvalue weighted by molar-refractivity contribution is -0.141. The molecule has 0 saturated carbocycles. The summed E-state index contributed by atoms with van der Waals surface area (Å²) in [6.45, 7) is 1.73. The number of carbonyl (C=O) groups is 1. The van der Waals surface area contributed by atoms with E-state index in [1.165, 1.54) is 6.21 Å².